The molecule has 0 saturated carbocycles. The van der Waals surface area contributed by atoms with Crippen LogP contribution in [0.15, 0.2) is 41.4 Å². The maximum absolute atomic E-state index is 13.0. The molecular formula is C29H41N5O8S. The summed E-state index contributed by atoms with van der Waals surface area (Å²) in [5, 5.41) is 15.3. The number of hydrogen-bond acceptors (Lipinski definition) is 9. The smallest absolute Gasteiger partial charge is 0.410 e. The molecule has 14 heteroatoms. The summed E-state index contributed by atoms with van der Waals surface area (Å²) in [6, 6.07) is 6.97. The molecule has 1 aromatic carbocycles. The van der Waals surface area contributed by atoms with Gasteiger partial charge >= 0.3 is 12.1 Å². The number of carbonyl (C=O) groups is 3. The van der Waals surface area contributed by atoms with Gasteiger partial charge in [-0.25, -0.2) is 18.2 Å². The molecule has 1 fully saturated rings. The predicted octanol–water partition coefficient (Wildman–Crippen LogP) is 2.36. The van der Waals surface area contributed by atoms with Crippen LogP contribution >= 0.6 is 0 Å². The number of hydrogen-bond donors (Lipinski definition) is 4. The molecule has 236 valence electrons. The van der Waals surface area contributed by atoms with E-state index in [0.29, 0.717) is 36.5 Å². The Bertz CT molecular complexity index is 1350. The third kappa shape index (κ3) is 9.90. The number of rotatable bonds is 15. The van der Waals surface area contributed by atoms with E-state index in [1.807, 2.05) is 26.0 Å². The number of amides is 2. The number of nitrogens with zero attached hydrogens (tertiary/aromatic N) is 2. The van der Waals surface area contributed by atoms with Crippen LogP contribution in [0.25, 0.3) is 0 Å². The minimum Gasteiger partial charge on any atom is -0.480 e. The van der Waals surface area contributed by atoms with Crippen LogP contribution < -0.4 is 15.4 Å². The molecule has 4 N–H and O–H groups in total. The zero-order valence-corrected chi connectivity index (χ0v) is 25.8. The largest absolute Gasteiger partial charge is 0.480 e. The lowest BCUT2D eigenvalue weighted by molar-refractivity contribution is -0.139. The number of nitrogens with one attached hydrogen (secondary N) is 3. The van der Waals surface area contributed by atoms with Crippen molar-refractivity contribution in [3.05, 3.63) is 53.2 Å². The van der Waals surface area contributed by atoms with Gasteiger partial charge in [0.05, 0.1) is 30.2 Å². The molecule has 0 spiro atoms. The standard InChI is InChI=1S/C29H41N5O8S/c1-5-6-11-41-29(38)34-17-23(14-22(34)15-31-25-9-7-8-10-30-25)42-18-26(35)32-16-24(28(36)37)33-43(39,40)27-20(3)12-19(2)13-21(27)4/h7-10,12-13,22-24,33H,5-6,11,14-18H2,1-4H3,(H,30,31)(H,32,35)(H,36,37)/t22-,23+,24-/m0/s1. The SMILES string of the molecule is CCCCOC(=O)N1C[C@H](OCC(=O)NC[C@H](NS(=O)(=O)c2c(C)cc(C)cc2C)C(=O)O)C[C@H]1CNc1ccccn1. The van der Waals surface area contributed by atoms with E-state index in [0.717, 1.165) is 18.4 Å². The van der Waals surface area contributed by atoms with Gasteiger partial charge in [0.2, 0.25) is 15.9 Å². The second-order valence-corrected chi connectivity index (χ2v) is 12.2. The van der Waals surface area contributed by atoms with Gasteiger partial charge in [-0.2, -0.15) is 4.72 Å². The average Bonchev–Trinajstić information content (AvgIpc) is 3.36. The lowest BCUT2D eigenvalue weighted by Gasteiger charge is -2.24. The fourth-order valence-electron chi connectivity index (χ4n) is 4.96. The highest BCUT2D eigenvalue weighted by Gasteiger charge is 2.37. The van der Waals surface area contributed by atoms with Crippen LogP contribution in [0.4, 0.5) is 10.6 Å². The van der Waals surface area contributed by atoms with Gasteiger partial charge in [0, 0.05) is 19.3 Å². The van der Waals surface area contributed by atoms with E-state index in [2.05, 4.69) is 20.3 Å². The molecule has 3 atom stereocenters. The summed E-state index contributed by atoms with van der Waals surface area (Å²) >= 11 is 0. The highest BCUT2D eigenvalue weighted by atomic mass is 32.2. The Labute approximate surface area is 252 Å². The molecule has 0 radical (unpaired) electrons. The first-order valence-corrected chi connectivity index (χ1v) is 15.7. The molecule has 2 heterocycles. The van der Waals surface area contributed by atoms with Crippen LogP contribution in [0.3, 0.4) is 0 Å². The first-order chi connectivity index (χ1) is 20.4. The molecule has 3 rings (SSSR count). The van der Waals surface area contributed by atoms with Crippen molar-refractivity contribution >= 4 is 33.8 Å². The molecule has 1 saturated heterocycles. The Kier molecular flexibility index (Phi) is 12.3. The summed E-state index contributed by atoms with van der Waals surface area (Å²) in [7, 11) is -4.18. The van der Waals surface area contributed by atoms with Crippen molar-refractivity contribution in [2.24, 2.45) is 0 Å². The number of sulfonamides is 1. The zero-order valence-electron chi connectivity index (χ0n) is 25.0. The number of carboxylic acids is 1. The van der Waals surface area contributed by atoms with Gasteiger partial charge in [0.25, 0.3) is 0 Å². The number of benzene rings is 1. The summed E-state index contributed by atoms with van der Waals surface area (Å²) < 4.78 is 39.4. The number of likely N-dealkylation sites (tertiary alicyclic amines) is 1. The summed E-state index contributed by atoms with van der Waals surface area (Å²) in [6.45, 7) is 7.12. The number of aromatic nitrogens is 1. The van der Waals surface area contributed by atoms with E-state index in [1.54, 1.807) is 43.1 Å². The van der Waals surface area contributed by atoms with Crippen molar-refractivity contribution < 1.29 is 37.4 Å². The van der Waals surface area contributed by atoms with Crippen LogP contribution in [-0.2, 0) is 29.1 Å². The van der Waals surface area contributed by atoms with Crippen LogP contribution in [0.1, 0.15) is 42.9 Å². The molecule has 43 heavy (non-hydrogen) atoms. The van der Waals surface area contributed by atoms with Gasteiger partial charge in [0.1, 0.15) is 18.5 Å². The molecule has 0 unspecified atom stereocenters. The van der Waals surface area contributed by atoms with Crippen LogP contribution in [0.2, 0.25) is 0 Å². The maximum atomic E-state index is 13.0. The molecule has 2 aromatic rings. The van der Waals surface area contributed by atoms with Gasteiger partial charge in [-0.3, -0.25) is 9.59 Å². The van der Waals surface area contributed by atoms with Gasteiger partial charge < -0.3 is 30.1 Å². The normalized spacial score (nSPS) is 17.3. The number of carboxylic acid groups (broad SMARTS) is 1. The maximum Gasteiger partial charge on any atom is 0.410 e. The van der Waals surface area contributed by atoms with Crippen molar-refractivity contribution in [3.8, 4) is 0 Å². The molecule has 1 aliphatic heterocycles. The Balaban J connectivity index is 1.55. The Morgan fingerprint density at radius 3 is 2.51 bits per heavy atom. The molecule has 0 bridgehead atoms. The second kappa shape index (κ2) is 15.6. The third-order valence-corrected chi connectivity index (χ3v) is 8.72. The fraction of sp³-hybridized carbons (Fsp3) is 0.517. The summed E-state index contributed by atoms with van der Waals surface area (Å²) in [6.07, 6.45) is 2.78. The first kappa shape index (κ1) is 33.7. The van der Waals surface area contributed by atoms with E-state index in [1.165, 1.54) is 0 Å². The fourth-order valence-corrected chi connectivity index (χ4v) is 6.61. The number of carbonyl (C=O) groups excluding carboxylic acids is 2. The summed E-state index contributed by atoms with van der Waals surface area (Å²) in [4.78, 5) is 43.0. The number of ether oxygens (including phenoxy) is 2. The van der Waals surface area contributed by atoms with E-state index < -0.39 is 53.3 Å². The number of anilines is 1. The van der Waals surface area contributed by atoms with E-state index in [-0.39, 0.29) is 17.5 Å². The highest BCUT2D eigenvalue weighted by Crippen LogP contribution is 2.23. The Morgan fingerprint density at radius 2 is 1.88 bits per heavy atom. The number of pyridine rings is 1. The molecule has 2 amide bonds. The molecule has 0 aliphatic carbocycles. The van der Waals surface area contributed by atoms with Crippen molar-refractivity contribution in [2.75, 3.05) is 38.2 Å². The Hall–Kier alpha value is -3.75. The van der Waals surface area contributed by atoms with E-state index in [4.69, 9.17) is 9.47 Å². The lowest BCUT2D eigenvalue weighted by Crippen LogP contribution is -2.49. The summed E-state index contributed by atoms with van der Waals surface area (Å²) in [5.74, 6) is -1.41. The van der Waals surface area contributed by atoms with Crippen molar-refractivity contribution in [1.82, 2.24) is 19.9 Å². The zero-order chi connectivity index (χ0) is 31.6. The topological polar surface area (TPSA) is 176 Å². The molecule has 1 aliphatic rings. The average molecular weight is 620 g/mol. The number of unbranched alkanes of at least 4 members (excludes halogenated alkanes) is 1. The van der Waals surface area contributed by atoms with Crippen LogP contribution in [0, 0.1) is 20.8 Å². The third-order valence-electron chi connectivity index (χ3n) is 6.94. The van der Waals surface area contributed by atoms with Crippen LogP contribution in [-0.4, -0.2) is 92.4 Å². The minimum absolute atomic E-state index is 0.00473. The predicted molar refractivity (Wildman–Crippen MR) is 159 cm³/mol. The quantitative estimate of drug-likeness (QED) is 0.217. The second-order valence-electron chi connectivity index (χ2n) is 10.6. The van der Waals surface area contributed by atoms with Gasteiger partial charge in [0.15, 0.2) is 0 Å². The first-order valence-electron chi connectivity index (χ1n) is 14.2. The molecule has 1 aromatic heterocycles. The number of aliphatic carboxylic acids is 1. The van der Waals surface area contributed by atoms with Gasteiger partial charge in [-0.05, 0) is 56.9 Å². The minimum atomic E-state index is -4.18. The van der Waals surface area contributed by atoms with Gasteiger partial charge in [-0.15, -0.1) is 0 Å². The van der Waals surface area contributed by atoms with E-state index >= 15 is 0 Å². The van der Waals surface area contributed by atoms with Crippen molar-refractivity contribution in [2.45, 2.75) is 70.0 Å². The van der Waals surface area contributed by atoms with E-state index in [9.17, 15) is 27.9 Å². The van der Waals surface area contributed by atoms with Crippen molar-refractivity contribution in [1.29, 1.82) is 0 Å². The van der Waals surface area contributed by atoms with Crippen LogP contribution in [0.5, 0.6) is 0 Å². The van der Waals surface area contributed by atoms with Crippen molar-refractivity contribution in [3.63, 3.8) is 0 Å². The van der Waals surface area contributed by atoms with Gasteiger partial charge in [-0.1, -0.05) is 37.1 Å². The highest BCUT2D eigenvalue weighted by molar-refractivity contribution is 7.89. The molecular weight excluding hydrogens is 578 g/mol. The summed E-state index contributed by atoms with van der Waals surface area (Å²) in [5.41, 5.74) is 1.85. The lowest BCUT2D eigenvalue weighted by atomic mass is 10.1. The monoisotopic (exact) mass is 619 g/mol. The molecule has 13 nitrogen and oxygen atoms in total. The Morgan fingerprint density at radius 1 is 1.16 bits per heavy atom. The number of aryl methyl sites for hydroxylation is 3.